The predicted octanol–water partition coefficient (Wildman–Crippen LogP) is 19.1. The van der Waals surface area contributed by atoms with Gasteiger partial charge in [-0.05, 0) is 154 Å². The SMILES string of the molecule is Fc1cccc(F)c1N1c2cc3c(cc2B2c4ccccc4N(c4ccccc4)c4cc(N(c5ccccc5)c5ccccc5)cc1c42)B1c2ccccc2N(c2ccccc2-c2ccccc2)c2cc(N(c4ccccc4)c4ccccc4-c4ccccc4)cc(c21)S3. The van der Waals surface area contributed by atoms with Crippen molar-refractivity contribution in [3.8, 4) is 22.3 Å². The van der Waals surface area contributed by atoms with Crippen LogP contribution in [0.5, 0.6) is 0 Å². The Bertz CT molecular complexity index is 5200. The van der Waals surface area contributed by atoms with E-state index in [2.05, 4.69) is 293 Å². The number of anilines is 15. The minimum absolute atomic E-state index is 0.144. The summed E-state index contributed by atoms with van der Waals surface area (Å²) in [5.41, 5.74) is 23.9. The molecule has 0 saturated heterocycles. The van der Waals surface area contributed by atoms with E-state index in [0.717, 1.165) is 128 Å². The monoisotopic (exact) mass is 1230 g/mol. The number of halogens is 2. The molecule has 10 heteroatoms. The first-order valence-electron chi connectivity index (χ1n) is 31.9. The van der Waals surface area contributed by atoms with Crippen LogP contribution in [-0.2, 0) is 0 Å². The number of hydrogen-bond donors (Lipinski definition) is 0. The lowest BCUT2D eigenvalue weighted by Crippen LogP contribution is -2.64. The van der Waals surface area contributed by atoms with E-state index in [9.17, 15) is 0 Å². The molecule has 94 heavy (non-hydrogen) atoms. The Morgan fingerprint density at radius 2 is 0.723 bits per heavy atom. The van der Waals surface area contributed by atoms with Crippen molar-refractivity contribution in [3.05, 3.63) is 345 Å². The van der Waals surface area contributed by atoms with Gasteiger partial charge in [0.2, 0.25) is 6.71 Å². The van der Waals surface area contributed by atoms with Crippen molar-refractivity contribution in [2.24, 2.45) is 0 Å². The molecular formula is C84H55B2F2N5S. The van der Waals surface area contributed by atoms with E-state index in [-0.39, 0.29) is 19.1 Å². The molecule has 4 aliphatic heterocycles. The summed E-state index contributed by atoms with van der Waals surface area (Å²) in [5, 5.41) is 0. The standard InChI is InChI=1S/C84H55B2F2N5S/c87-70-44-27-45-71(88)84(70)93-76-55-80-69(54-68(76)85-66-42-21-25-48-74(66)91(61-38-17-6-18-39-61)77-50-62(51-78(93)82(77)85)89(58-32-11-3-12-33-58)59-34-13-4-14-35-59)86-67-43-22-26-49-75(67)92(73-47-24-20-41-65(73)57-30-9-2-10-31-57)79-52-63(53-81(94-80)83(79)86)90(60-36-15-5-16-37-60)72-46-23-19-40-64(72)56-28-7-1-8-29-56/h1-55H. The lowest BCUT2D eigenvalue weighted by Gasteiger charge is -2.46. The molecule has 0 atom stereocenters. The maximum absolute atomic E-state index is 17.7. The van der Waals surface area contributed by atoms with E-state index in [1.807, 2.05) is 47.4 Å². The average Bonchev–Trinajstić information content (AvgIpc) is 0.691. The summed E-state index contributed by atoms with van der Waals surface area (Å²) in [6.45, 7) is -0.653. The van der Waals surface area contributed by atoms with Gasteiger partial charge in [-0.1, -0.05) is 236 Å². The minimum Gasteiger partial charge on any atom is -0.311 e. The van der Waals surface area contributed by atoms with Crippen molar-refractivity contribution in [2.75, 3.05) is 24.5 Å². The summed E-state index contributed by atoms with van der Waals surface area (Å²) in [5.74, 6) is -1.33. The van der Waals surface area contributed by atoms with Crippen molar-refractivity contribution in [2.45, 2.75) is 9.79 Å². The number of hydrogen-bond acceptors (Lipinski definition) is 6. The summed E-state index contributed by atoms with van der Waals surface area (Å²) >= 11 is 1.73. The van der Waals surface area contributed by atoms with E-state index in [4.69, 9.17) is 0 Å². The van der Waals surface area contributed by atoms with Gasteiger partial charge in [0, 0.05) is 83.5 Å². The van der Waals surface area contributed by atoms with Crippen LogP contribution in [-0.4, -0.2) is 13.4 Å². The fourth-order valence-corrected chi connectivity index (χ4v) is 16.3. The number of para-hydroxylation sites is 9. The van der Waals surface area contributed by atoms with Crippen LogP contribution >= 0.6 is 11.8 Å². The van der Waals surface area contributed by atoms with Crippen LogP contribution in [0.25, 0.3) is 22.3 Å². The first-order valence-corrected chi connectivity index (χ1v) is 32.7. The lowest BCUT2D eigenvalue weighted by atomic mass is 9.31. The van der Waals surface area contributed by atoms with Gasteiger partial charge >= 0.3 is 0 Å². The van der Waals surface area contributed by atoms with E-state index in [1.54, 1.807) is 11.8 Å². The number of nitrogens with zero attached hydrogens (tertiary/aromatic N) is 5. The topological polar surface area (TPSA) is 16.2 Å². The maximum Gasteiger partial charge on any atom is 0.252 e. The number of benzene rings is 14. The summed E-state index contributed by atoms with van der Waals surface area (Å²) < 4.78 is 35.4. The van der Waals surface area contributed by atoms with Crippen molar-refractivity contribution >= 4 is 143 Å². The van der Waals surface area contributed by atoms with Gasteiger partial charge in [-0.3, -0.25) is 0 Å². The zero-order valence-corrected chi connectivity index (χ0v) is 51.6. The Morgan fingerprint density at radius 3 is 1.33 bits per heavy atom. The van der Waals surface area contributed by atoms with Crippen LogP contribution in [0.1, 0.15) is 0 Å². The van der Waals surface area contributed by atoms with Crippen molar-refractivity contribution in [1.82, 2.24) is 0 Å². The molecule has 14 aromatic rings. The second-order valence-electron chi connectivity index (χ2n) is 24.2. The number of fused-ring (bicyclic) bond motifs is 8. The van der Waals surface area contributed by atoms with Gasteiger partial charge in [0.05, 0.1) is 17.1 Å². The summed E-state index contributed by atoms with van der Waals surface area (Å²) in [6.07, 6.45) is 0. The van der Waals surface area contributed by atoms with Crippen LogP contribution in [0.2, 0.25) is 0 Å². The molecule has 5 nitrogen and oxygen atoms in total. The fraction of sp³-hybridized carbons (Fsp3) is 0. The highest BCUT2D eigenvalue weighted by atomic mass is 32.2. The van der Waals surface area contributed by atoms with Gasteiger partial charge in [-0.25, -0.2) is 8.78 Å². The summed E-state index contributed by atoms with van der Waals surface area (Å²) in [4.78, 5) is 13.5. The minimum atomic E-state index is -0.665. The Labute approximate surface area is 550 Å². The smallest absolute Gasteiger partial charge is 0.252 e. The van der Waals surface area contributed by atoms with Crippen LogP contribution in [0.15, 0.2) is 343 Å². The first kappa shape index (κ1) is 55.3. The molecule has 0 unspecified atom stereocenters. The highest BCUT2D eigenvalue weighted by Gasteiger charge is 2.48. The van der Waals surface area contributed by atoms with E-state index >= 15 is 8.78 Å². The largest absolute Gasteiger partial charge is 0.311 e. The summed E-state index contributed by atoms with van der Waals surface area (Å²) in [7, 11) is 0. The molecule has 4 aliphatic rings. The molecule has 0 N–H and O–H groups in total. The second kappa shape index (κ2) is 22.7. The predicted molar refractivity (Wildman–Crippen MR) is 391 cm³/mol. The molecule has 4 heterocycles. The third-order valence-corrected chi connectivity index (χ3v) is 20.1. The van der Waals surface area contributed by atoms with Crippen molar-refractivity contribution < 1.29 is 8.78 Å². The average molecular weight is 1230 g/mol. The van der Waals surface area contributed by atoms with E-state index < -0.39 is 11.6 Å². The van der Waals surface area contributed by atoms with Crippen molar-refractivity contribution in [3.63, 3.8) is 0 Å². The number of rotatable bonds is 11. The Balaban J connectivity index is 0.932. The van der Waals surface area contributed by atoms with Gasteiger partial charge in [-0.2, -0.15) is 0 Å². The first-order chi connectivity index (χ1) is 46.5. The van der Waals surface area contributed by atoms with Crippen LogP contribution < -0.4 is 57.3 Å². The molecule has 0 amide bonds. The molecule has 0 aromatic heterocycles. The second-order valence-corrected chi connectivity index (χ2v) is 25.2. The molecule has 14 aromatic carbocycles. The van der Waals surface area contributed by atoms with Crippen molar-refractivity contribution in [1.29, 1.82) is 0 Å². The van der Waals surface area contributed by atoms with Crippen LogP contribution in [0.4, 0.5) is 94.1 Å². The van der Waals surface area contributed by atoms with Gasteiger partial charge in [0.1, 0.15) is 17.3 Å². The molecule has 18 rings (SSSR count). The normalized spacial score (nSPS) is 12.9. The zero-order valence-electron chi connectivity index (χ0n) is 50.8. The highest BCUT2D eigenvalue weighted by molar-refractivity contribution is 8.00. The maximum atomic E-state index is 17.7. The van der Waals surface area contributed by atoms with Gasteiger partial charge < -0.3 is 24.5 Å². The molecule has 0 saturated carbocycles. The molecule has 0 fully saturated rings. The molecular weight excluding hydrogens is 1170 g/mol. The quantitative estimate of drug-likeness (QED) is 0.119. The third-order valence-electron chi connectivity index (χ3n) is 18.9. The molecule has 0 spiro atoms. The molecule has 0 aliphatic carbocycles. The van der Waals surface area contributed by atoms with E-state index in [1.165, 1.54) is 23.7 Å². The molecule has 0 radical (unpaired) electrons. The molecule has 442 valence electrons. The van der Waals surface area contributed by atoms with Crippen LogP contribution in [0, 0.1) is 11.6 Å². The van der Waals surface area contributed by atoms with Crippen LogP contribution in [0.3, 0.4) is 0 Å². The Morgan fingerprint density at radius 1 is 0.277 bits per heavy atom. The lowest BCUT2D eigenvalue weighted by molar-refractivity contribution is 0.586. The fourth-order valence-electron chi connectivity index (χ4n) is 15.1. The Hall–Kier alpha value is -11.6. The molecule has 0 bridgehead atoms. The Kier molecular flexibility index (Phi) is 13.3. The zero-order chi connectivity index (χ0) is 62.4. The van der Waals surface area contributed by atoms with Gasteiger partial charge in [0.15, 0.2) is 0 Å². The summed E-state index contributed by atoms with van der Waals surface area (Å²) in [6, 6.07) is 116. The third kappa shape index (κ3) is 8.92. The highest BCUT2D eigenvalue weighted by Crippen LogP contribution is 2.53. The van der Waals surface area contributed by atoms with Gasteiger partial charge in [0.25, 0.3) is 6.71 Å². The van der Waals surface area contributed by atoms with E-state index in [0.29, 0.717) is 11.4 Å². The van der Waals surface area contributed by atoms with Gasteiger partial charge in [-0.15, -0.1) is 0 Å².